The van der Waals surface area contributed by atoms with E-state index in [1.54, 1.807) is 18.9 Å². The molecule has 1 amide bonds. The molecule has 2 aromatic carbocycles. The Hall–Kier alpha value is -2.40. The van der Waals surface area contributed by atoms with E-state index in [1.165, 1.54) is 10.9 Å². The summed E-state index contributed by atoms with van der Waals surface area (Å²) in [6.45, 7) is 3.15. The van der Waals surface area contributed by atoms with Crippen molar-refractivity contribution >= 4 is 34.3 Å². The van der Waals surface area contributed by atoms with Crippen molar-refractivity contribution in [3.05, 3.63) is 54.7 Å². The van der Waals surface area contributed by atoms with Gasteiger partial charge in [0.15, 0.2) is 0 Å². The van der Waals surface area contributed by atoms with Crippen molar-refractivity contribution < 1.29 is 9.53 Å². The predicted octanol–water partition coefficient (Wildman–Crippen LogP) is 4.79. The zero-order valence-corrected chi connectivity index (χ0v) is 15.3. The number of nitrogens with zero attached hydrogens (tertiary/aromatic N) is 1. The third-order valence-corrected chi connectivity index (χ3v) is 5.00. The second kappa shape index (κ2) is 8.12. The van der Waals surface area contributed by atoms with Crippen LogP contribution in [0.3, 0.4) is 0 Å². The number of nitrogens with one attached hydrogen (secondary N) is 1. The summed E-state index contributed by atoms with van der Waals surface area (Å²) in [4.78, 5) is 13.5. The minimum absolute atomic E-state index is 0.0400. The normalized spacial score (nSPS) is 10.8. The highest BCUT2D eigenvalue weighted by molar-refractivity contribution is 8.00. The number of benzene rings is 2. The fourth-order valence-electron chi connectivity index (χ4n) is 2.83. The Balaban J connectivity index is 1.71. The largest absolute Gasteiger partial charge is 0.495 e. The highest BCUT2D eigenvalue weighted by Crippen LogP contribution is 2.30. The van der Waals surface area contributed by atoms with Gasteiger partial charge in [-0.2, -0.15) is 0 Å². The molecular weight excluding hydrogens is 332 g/mol. The van der Waals surface area contributed by atoms with Gasteiger partial charge in [0, 0.05) is 28.5 Å². The van der Waals surface area contributed by atoms with Gasteiger partial charge in [-0.15, -0.1) is 11.8 Å². The molecular formula is C20H22N2O2S. The Bertz CT molecular complexity index is 873. The summed E-state index contributed by atoms with van der Waals surface area (Å²) in [6.07, 6.45) is 3.23. The summed E-state index contributed by atoms with van der Waals surface area (Å²) in [7, 11) is 1.60. The summed E-state index contributed by atoms with van der Waals surface area (Å²) in [5.41, 5.74) is 1.92. The van der Waals surface area contributed by atoms with Gasteiger partial charge in [0.2, 0.25) is 5.91 Å². The summed E-state index contributed by atoms with van der Waals surface area (Å²) in [5, 5.41) is 4.12. The van der Waals surface area contributed by atoms with Crippen LogP contribution in [0.15, 0.2) is 59.6 Å². The summed E-state index contributed by atoms with van der Waals surface area (Å²) < 4.78 is 7.53. The average molecular weight is 354 g/mol. The van der Waals surface area contributed by atoms with Crippen LogP contribution in [0.4, 0.5) is 5.69 Å². The minimum atomic E-state index is -0.0400. The van der Waals surface area contributed by atoms with E-state index in [1.807, 2.05) is 30.3 Å². The van der Waals surface area contributed by atoms with Gasteiger partial charge in [-0.05, 0) is 24.6 Å². The van der Waals surface area contributed by atoms with Crippen LogP contribution in [-0.4, -0.2) is 23.3 Å². The number of methoxy groups -OCH3 is 1. The number of para-hydroxylation sites is 3. The van der Waals surface area contributed by atoms with Gasteiger partial charge in [-0.3, -0.25) is 4.79 Å². The summed E-state index contributed by atoms with van der Waals surface area (Å²) in [6, 6.07) is 15.8. The lowest BCUT2D eigenvalue weighted by Gasteiger charge is -2.09. The third kappa shape index (κ3) is 3.99. The number of thioether (sulfide) groups is 1. The first-order valence-corrected chi connectivity index (χ1v) is 9.35. The van der Waals surface area contributed by atoms with E-state index < -0.39 is 0 Å². The number of hydrogen-bond acceptors (Lipinski definition) is 3. The molecule has 1 aromatic heterocycles. The number of amides is 1. The standard InChI is InChI=1S/C20H22N2O2S/c1-3-12-22-13-19(15-8-4-6-10-17(15)22)25-14-20(23)21-16-9-5-7-11-18(16)24-2/h4-11,13H,3,12,14H2,1-2H3,(H,21,23). The molecule has 0 saturated heterocycles. The van der Waals surface area contributed by atoms with E-state index in [0.29, 0.717) is 17.2 Å². The minimum Gasteiger partial charge on any atom is -0.495 e. The highest BCUT2D eigenvalue weighted by Gasteiger charge is 2.11. The predicted molar refractivity (Wildman–Crippen MR) is 105 cm³/mol. The number of fused-ring (bicyclic) bond motifs is 1. The first-order valence-electron chi connectivity index (χ1n) is 8.36. The molecule has 1 heterocycles. The Morgan fingerprint density at radius 1 is 1.16 bits per heavy atom. The van der Waals surface area contributed by atoms with Crippen molar-refractivity contribution in [1.29, 1.82) is 0 Å². The third-order valence-electron chi connectivity index (χ3n) is 3.96. The Morgan fingerprint density at radius 2 is 1.92 bits per heavy atom. The van der Waals surface area contributed by atoms with Crippen molar-refractivity contribution in [2.75, 3.05) is 18.2 Å². The Labute approximate surface area is 152 Å². The molecule has 0 aliphatic heterocycles. The summed E-state index contributed by atoms with van der Waals surface area (Å²) >= 11 is 1.56. The first-order chi connectivity index (χ1) is 12.2. The molecule has 25 heavy (non-hydrogen) atoms. The quantitative estimate of drug-likeness (QED) is 0.620. The number of anilines is 1. The van der Waals surface area contributed by atoms with Crippen LogP contribution in [-0.2, 0) is 11.3 Å². The van der Waals surface area contributed by atoms with Crippen LogP contribution >= 0.6 is 11.8 Å². The van der Waals surface area contributed by atoms with Crippen molar-refractivity contribution in [3.8, 4) is 5.75 Å². The lowest BCUT2D eigenvalue weighted by Crippen LogP contribution is -2.14. The molecule has 5 heteroatoms. The fourth-order valence-corrected chi connectivity index (χ4v) is 3.72. The molecule has 0 atom stereocenters. The molecule has 1 N–H and O–H groups in total. The lowest BCUT2D eigenvalue weighted by molar-refractivity contribution is -0.113. The lowest BCUT2D eigenvalue weighted by atomic mass is 10.2. The molecule has 3 rings (SSSR count). The molecule has 0 bridgehead atoms. The first kappa shape index (κ1) is 17.4. The maximum Gasteiger partial charge on any atom is 0.234 e. The zero-order valence-electron chi connectivity index (χ0n) is 14.5. The maximum atomic E-state index is 12.3. The molecule has 0 aliphatic carbocycles. The van der Waals surface area contributed by atoms with E-state index in [4.69, 9.17) is 4.74 Å². The van der Waals surface area contributed by atoms with E-state index in [0.717, 1.165) is 17.9 Å². The number of aromatic nitrogens is 1. The molecule has 4 nitrogen and oxygen atoms in total. The topological polar surface area (TPSA) is 43.3 Å². The van der Waals surface area contributed by atoms with E-state index >= 15 is 0 Å². The molecule has 0 aliphatic rings. The number of hydrogen-bond donors (Lipinski definition) is 1. The van der Waals surface area contributed by atoms with E-state index in [9.17, 15) is 4.79 Å². The molecule has 0 spiro atoms. The molecule has 0 fully saturated rings. The second-order valence-electron chi connectivity index (χ2n) is 5.74. The highest BCUT2D eigenvalue weighted by atomic mass is 32.2. The molecule has 0 radical (unpaired) electrons. The zero-order chi connectivity index (χ0) is 17.6. The van der Waals surface area contributed by atoms with Crippen LogP contribution in [0.25, 0.3) is 10.9 Å². The number of aryl methyl sites for hydroxylation is 1. The van der Waals surface area contributed by atoms with Gasteiger partial charge in [0.1, 0.15) is 5.75 Å². The van der Waals surface area contributed by atoms with Crippen LogP contribution < -0.4 is 10.1 Å². The van der Waals surface area contributed by atoms with Gasteiger partial charge in [-0.1, -0.05) is 37.3 Å². The van der Waals surface area contributed by atoms with Crippen LogP contribution in [0.5, 0.6) is 5.75 Å². The van der Waals surface area contributed by atoms with Crippen LogP contribution in [0, 0.1) is 0 Å². The number of rotatable bonds is 7. The number of carbonyl (C=O) groups excluding carboxylic acids is 1. The van der Waals surface area contributed by atoms with Gasteiger partial charge >= 0.3 is 0 Å². The summed E-state index contributed by atoms with van der Waals surface area (Å²) in [5.74, 6) is 0.986. The SMILES string of the molecule is CCCn1cc(SCC(=O)Nc2ccccc2OC)c2ccccc21. The Kier molecular flexibility index (Phi) is 5.66. The van der Waals surface area contributed by atoms with Crippen molar-refractivity contribution in [2.45, 2.75) is 24.8 Å². The van der Waals surface area contributed by atoms with Crippen LogP contribution in [0.1, 0.15) is 13.3 Å². The molecule has 0 saturated carbocycles. The maximum absolute atomic E-state index is 12.3. The van der Waals surface area contributed by atoms with Crippen molar-refractivity contribution in [3.63, 3.8) is 0 Å². The molecule has 130 valence electrons. The fraction of sp³-hybridized carbons (Fsp3) is 0.250. The van der Waals surface area contributed by atoms with Crippen molar-refractivity contribution in [2.24, 2.45) is 0 Å². The smallest absolute Gasteiger partial charge is 0.234 e. The van der Waals surface area contributed by atoms with E-state index in [2.05, 4.69) is 41.2 Å². The van der Waals surface area contributed by atoms with Gasteiger partial charge in [0.25, 0.3) is 0 Å². The van der Waals surface area contributed by atoms with Gasteiger partial charge in [0.05, 0.1) is 18.6 Å². The number of ether oxygens (including phenoxy) is 1. The average Bonchev–Trinajstić information content (AvgIpc) is 2.99. The van der Waals surface area contributed by atoms with E-state index in [-0.39, 0.29) is 5.91 Å². The van der Waals surface area contributed by atoms with Crippen molar-refractivity contribution in [1.82, 2.24) is 4.57 Å². The van der Waals surface area contributed by atoms with Gasteiger partial charge in [-0.25, -0.2) is 0 Å². The second-order valence-corrected chi connectivity index (χ2v) is 6.76. The Morgan fingerprint density at radius 3 is 2.72 bits per heavy atom. The van der Waals surface area contributed by atoms with Gasteiger partial charge < -0.3 is 14.6 Å². The monoisotopic (exact) mass is 354 g/mol. The number of carbonyl (C=O) groups is 1. The molecule has 3 aromatic rings. The molecule has 0 unspecified atom stereocenters. The van der Waals surface area contributed by atoms with Crippen LogP contribution in [0.2, 0.25) is 0 Å².